The molecule has 1 saturated heterocycles. The van der Waals surface area contributed by atoms with E-state index in [0.29, 0.717) is 36.2 Å². The van der Waals surface area contributed by atoms with Gasteiger partial charge in [0.1, 0.15) is 6.10 Å². The van der Waals surface area contributed by atoms with E-state index in [2.05, 4.69) is 0 Å². The second kappa shape index (κ2) is 8.94. The van der Waals surface area contributed by atoms with Gasteiger partial charge in [-0.2, -0.15) is 0 Å². The normalized spacial score (nSPS) is 19.5. The van der Waals surface area contributed by atoms with Crippen LogP contribution in [0.1, 0.15) is 31.4 Å². The molecule has 124 valence electrons. The average molecular weight is 368 g/mol. The van der Waals surface area contributed by atoms with E-state index in [9.17, 15) is 4.79 Å². The maximum Gasteiger partial charge on any atom is 0.239 e. The highest BCUT2D eigenvalue weighted by atomic mass is 35.5. The van der Waals surface area contributed by atoms with Gasteiger partial charge in [-0.3, -0.25) is 4.79 Å². The van der Waals surface area contributed by atoms with Gasteiger partial charge >= 0.3 is 0 Å². The molecule has 1 fully saturated rings. The molecule has 0 saturated carbocycles. The number of ether oxygens (including phenoxy) is 1. The lowest BCUT2D eigenvalue weighted by atomic mass is 10.1. The van der Waals surface area contributed by atoms with Crippen molar-refractivity contribution in [2.24, 2.45) is 5.73 Å². The lowest BCUT2D eigenvalue weighted by Crippen LogP contribution is -2.49. The quantitative estimate of drug-likeness (QED) is 0.887. The minimum Gasteiger partial charge on any atom is -0.370 e. The molecule has 0 radical (unpaired) electrons. The van der Waals surface area contributed by atoms with Crippen LogP contribution in [0.25, 0.3) is 0 Å². The summed E-state index contributed by atoms with van der Waals surface area (Å²) in [7, 11) is 0. The molecular formula is C15H21Cl3N2O2. The number of nitrogens with zero attached hydrogens (tertiary/aromatic N) is 1. The second-order valence-corrected chi connectivity index (χ2v) is 6.03. The lowest BCUT2D eigenvalue weighted by Gasteiger charge is -2.34. The molecule has 1 aromatic carbocycles. The number of amides is 1. The first-order valence-electron chi connectivity index (χ1n) is 7.13. The number of carbonyl (C=O) groups excluding carboxylic acids is 1. The van der Waals surface area contributed by atoms with Crippen LogP contribution in [0.4, 0.5) is 0 Å². The summed E-state index contributed by atoms with van der Waals surface area (Å²) in [6.45, 7) is 3.59. The first-order valence-corrected chi connectivity index (χ1v) is 7.89. The number of hydrogen-bond acceptors (Lipinski definition) is 3. The van der Waals surface area contributed by atoms with E-state index in [-0.39, 0.29) is 24.4 Å². The minimum atomic E-state index is -0.428. The summed E-state index contributed by atoms with van der Waals surface area (Å²) < 4.78 is 5.74. The molecule has 0 bridgehead atoms. The van der Waals surface area contributed by atoms with Gasteiger partial charge in [-0.05, 0) is 24.1 Å². The van der Waals surface area contributed by atoms with Crippen LogP contribution in [0, 0.1) is 0 Å². The van der Waals surface area contributed by atoms with Gasteiger partial charge in [0.05, 0.1) is 29.2 Å². The predicted molar refractivity (Wildman–Crippen MR) is 91.9 cm³/mol. The van der Waals surface area contributed by atoms with Crippen LogP contribution < -0.4 is 5.73 Å². The fourth-order valence-corrected chi connectivity index (χ4v) is 2.74. The van der Waals surface area contributed by atoms with Crippen LogP contribution in [0.3, 0.4) is 0 Å². The molecule has 0 aliphatic carbocycles. The zero-order valence-corrected chi connectivity index (χ0v) is 14.8. The topological polar surface area (TPSA) is 55.6 Å². The number of halogens is 3. The SMILES string of the molecule is CCCC(N)C(=O)N1CCOC(c2ccc(Cl)c(Cl)c2)C1.Cl. The summed E-state index contributed by atoms with van der Waals surface area (Å²) in [6.07, 6.45) is 1.41. The summed E-state index contributed by atoms with van der Waals surface area (Å²) in [5, 5.41) is 0.998. The van der Waals surface area contributed by atoms with E-state index in [0.717, 1.165) is 12.0 Å². The molecule has 1 aliphatic rings. The van der Waals surface area contributed by atoms with Crippen LogP contribution in [-0.4, -0.2) is 36.5 Å². The lowest BCUT2D eigenvalue weighted by molar-refractivity contribution is -0.140. The third kappa shape index (κ3) is 4.74. The third-order valence-corrected chi connectivity index (χ3v) is 4.35. The molecule has 2 N–H and O–H groups in total. The summed E-state index contributed by atoms with van der Waals surface area (Å²) in [4.78, 5) is 14.1. The van der Waals surface area contributed by atoms with E-state index >= 15 is 0 Å². The number of benzene rings is 1. The Labute approximate surface area is 147 Å². The van der Waals surface area contributed by atoms with Crippen LogP contribution in [0.2, 0.25) is 10.0 Å². The standard InChI is InChI=1S/C15H20Cl2N2O2.ClH/c1-2-3-13(18)15(20)19-6-7-21-14(9-19)10-4-5-11(16)12(17)8-10;/h4-5,8,13-14H,2-3,6-7,9,18H2,1H3;1H. The Morgan fingerprint density at radius 3 is 2.82 bits per heavy atom. The fraction of sp³-hybridized carbons (Fsp3) is 0.533. The zero-order valence-electron chi connectivity index (χ0n) is 12.4. The van der Waals surface area contributed by atoms with Gasteiger partial charge < -0.3 is 15.4 Å². The molecular weight excluding hydrogens is 347 g/mol. The highest BCUT2D eigenvalue weighted by molar-refractivity contribution is 6.42. The highest BCUT2D eigenvalue weighted by Crippen LogP contribution is 2.29. The molecule has 2 unspecified atom stereocenters. The van der Waals surface area contributed by atoms with Gasteiger partial charge in [0.15, 0.2) is 0 Å². The van der Waals surface area contributed by atoms with Gasteiger partial charge in [0, 0.05) is 6.54 Å². The van der Waals surface area contributed by atoms with Crippen molar-refractivity contribution in [3.63, 3.8) is 0 Å². The molecule has 2 atom stereocenters. The summed E-state index contributed by atoms with van der Waals surface area (Å²) in [6, 6.07) is 4.97. The predicted octanol–water partition coefficient (Wildman–Crippen LogP) is 3.44. The van der Waals surface area contributed by atoms with Crippen LogP contribution in [-0.2, 0) is 9.53 Å². The van der Waals surface area contributed by atoms with Crippen molar-refractivity contribution in [1.29, 1.82) is 0 Å². The Kier molecular flexibility index (Phi) is 7.94. The minimum absolute atomic E-state index is 0. The number of rotatable bonds is 4. The molecule has 1 amide bonds. The van der Waals surface area contributed by atoms with Crippen molar-refractivity contribution in [1.82, 2.24) is 4.90 Å². The van der Waals surface area contributed by atoms with Crippen molar-refractivity contribution >= 4 is 41.5 Å². The van der Waals surface area contributed by atoms with Gasteiger partial charge in [-0.1, -0.05) is 42.6 Å². The largest absolute Gasteiger partial charge is 0.370 e. The Morgan fingerprint density at radius 2 is 2.18 bits per heavy atom. The Hall–Kier alpha value is -0.520. The molecule has 0 aromatic heterocycles. The van der Waals surface area contributed by atoms with Gasteiger partial charge in [0.25, 0.3) is 0 Å². The number of carbonyl (C=O) groups is 1. The average Bonchev–Trinajstić information content (AvgIpc) is 2.49. The number of nitrogens with two attached hydrogens (primary N) is 1. The van der Waals surface area contributed by atoms with Crippen LogP contribution >= 0.6 is 35.6 Å². The summed E-state index contributed by atoms with van der Waals surface area (Å²) in [5.41, 5.74) is 6.84. The van der Waals surface area contributed by atoms with Crippen LogP contribution in [0.5, 0.6) is 0 Å². The number of hydrogen-bond donors (Lipinski definition) is 1. The van der Waals surface area contributed by atoms with Crippen molar-refractivity contribution in [3.05, 3.63) is 33.8 Å². The molecule has 7 heteroatoms. The van der Waals surface area contributed by atoms with Crippen LogP contribution in [0.15, 0.2) is 18.2 Å². The monoisotopic (exact) mass is 366 g/mol. The molecule has 4 nitrogen and oxygen atoms in total. The first kappa shape index (κ1) is 19.5. The van der Waals surface area contributed by atoms with Crippen molar-refractivity contribution in [3.8, 4) is 0 Å². The van der Waals surface area contributed by atoms with E-state index in [1.165, 1.54) is 0 Å². The number of morpholine rings is 1. The van der Waals surface area contributed by atoms with E-state index in [1.54, 1.807) is 17.0 Å². The smallest absolute Gasteiger partial charge is 0.239 e. The molecule has 1 aromatic rings. The highest BCUT2D eigenvalue weighted by Gasteiger charge is 2.28. The molecule has 0 spiro atoms. The van der Waals surface area contributed by atoms with Crippen molar-refractivity contribution in [2.75, 3.05) is 19.7 Å². The van der Waals surface area contributed by atoms with Crippen molar-refractivity contribution in [2.45, 2.75) is 31.9 Å². The third-order valence-electron chi connectivity index (χ3n) is 3.61. The zero-order chi connectivity index (χ0) is 15.4. The van der Waals surface area contributed by atoms with Gasteiger partial charge in [-0.15, -0.1) is 12.4 Å². The van der Waals surface area contributed by atoms with Crippen molar-refractivity contribution < 1.29 is 9.53 Å². The fourth-order valence-electron chi connectivity index (χ4n) is 2.43. The molecule has 1 heterocycles. The van der Waals surface area contributed by atoms with E-state index in [1.807, 2.05) is 13.0 Å². The van der Waals surface area contributed by atoms with E-state index < -0.39 is 6.04 Å². The Bertz CT molecular complexity index is 514. The van der Waals surface area contributed by atoms with E-state index in [4.69, 9.17) is 33.7 Å². The summed E-state index contributed by atoms with van der Waals surface area (Å²) >= 11 is 12.0. The maximum atomic E-state index is 12.3. The first-order chi connectivity index (χ1) is 10.0. The second-order valence-electron chi connectivity index (χ2n) is 5.21. The molecule has 22 heavy (non-hydrogen) atoms. The van der Waals surface area contributed by atoms with Gasteiger partial charge in [0.2, 0.25) is 5.91 Å². The summed E-state index contributed by atoms with van der Waals surface area (Å²) in [5.74, 6) is -0.00906. The van der Waals surface area contributed by atoms with Gasteiger partial charge in [-0.25, -0.2) is 0 Å². The Morgan fingerprint density at radius 1 is 1.45 bits per heavy atom. The molecule has 2 rings (SSSR count). The molecule has 1 aliphatic heterocycles. The maximum absolute atomic E-state index is 12.3. The Balaban J connectivity index is 0.00000242.